The number of alkyl halides is 1. The van der Waals surface area contributed by atoms with Crippen LogP contribution in [0.25, 0.3) is 0 Å². The molecule has 2 aromatic rings. The normalized spacial score (nSPS) is 16.4. The fourth-order valence-corrected chi connectivity index (χ4v) is 5.36. The molecule has 0 unspecified atom stereocenters. The summed E-state index contributed by atoms with van der Waals surface area (Å²) in [7, 11) is -2.76. The molecule has 1 aromatic carbocycles. The van der Waals surface area contributed by atoms with E-state index < -0.39 is 28.1 Å². The summed E-state index contributed by atoms with van der Waals surface area (Å²) < 4.78 is 22.6. The molecule has 12 heteroatoms. The fourth-order valence-electron chi connectivity index (χ4n) is 3.49. The number of carbonyl (C=O) groups is 2. The number of halogens is 2. The lowest BCUT2D eigenvalue weighted by Crippen LogP contribution is -2.39. The van der Waals surface area contributed by atoms with Crippen LogP contribution in [0.1, 0.15) is 32.8 Å². The third kappa shape index (κ3) is 6.50. The number of pyridine rings is 1. The van der Waals surface area contributed by atoms with Gasteiger partial charge in [0.25, 0.3) is 17.4 Å². The Morgan fingerprint density at radius 2 is 1.76 bits per heavy atom. The predicted molar refractivity (Wildman–Crippen MR) is 130 cm³/mol. The highest BCUT2D eigenvalue weighted by Crippen LogP contribution is 2.47. The summed E-state index contributed by atoms with van der Waals surface area (Å²) in [5, 5.41) is 5.95. The predicted octanol–water partition coefficient (Wildman–Crippen LogP) is 2.77. The Morgan fingerprint density at radius 3 is 2.39 bits per heavy atom. The molecular weight excluding hydrogens is 491 g/mol. The molecule has 3 rings (SSSR count). The van der Waals surface area contributed by atoms with Crippen LogP contribution in [0.5, 0.6) is 0 Å². The quantitative estimate of drug-likeness (QED) is 0.380. The van der Waals surface area contributed by atoms with Gasteiger partial charge in [-0.15, -0.1) is 22.4 Å². The third-order valence-corrected chi connectivity index (χ3v) is 7.66. The molecule has 0 aliphatic carbocycles. The lowest BCUT2D eigenvalue weighted by molar-refractivity contribution is 0.0929. The Morgan fingerprint density at radius 1 is 1.03 bits per heavy atom. The van der Waals surface area contributed by atoms with Crippen molar-refractivity contribution in [2.24, 2.45) is 0 Å². The van der Waals surface area contributed by atoms with Crippen molar-refractivity contribution in [3.63, 3.8) is 0 Å². The molecule has 1 aliphatic heterocycles. The van der Waals surface area contributed by atoms with Gasteiger partial charge in [0, 0.05) is 43.6 Å². The van der Waals surface area contributed by atoms with Crippen LogP contribution >= 0.6 is 34.0 Å². The standard InChI is InChI=1S/C21H26Cl2N4O5S/c22-8-11-27-18(20(29)24-9-12-26-10-1-13-33(26,31)32)7-6-17(21(27)30)19(28)25-14-15-2-4-16(23)5-3-15/h2-7,31-32H,1,8-14H2,(H,24,29)(H,25,28). The van der Waals surface area contributed by atoms with Crippen LogP contribution in [0.3, 0.4) is 0 Å². The number of rotatable bonds is 9. The number of hydrogen-bond acceptors (Lipinski definition) is 6. The lowest BCUT2D eigenvalue weighted by atomic mass is 10.2. The number of nitrogens with zero attached hydrogens (tertiary/aromatic N) is 2. The molecule has 1 aliphatic rings. The van der Waals surface area contributed by atoms with Gasteiger partial charge in [-0.05, 0) is 36.2 Å². The first-order valence-electron chi connectivity index (χ1n) is 10.3. The van der Waals surface area contributed by atoms with Crippen LogP contribution in [-0.2, 0) is 13.1 Å². The molecule has 33 heavy (non-hydrogen) atoms. The molecule has 0 saturated carbocycles. The van der Waals surface area contributed by atoms with Crippen LogP contribution in [0.4, 0.5) is 0 Å². The van der Waals surface area contributed by atoms with E-state index in [1.54, 1.807) is 28.6 Å². The zero-order chi connectivity index (χ0) is 24.0. The van der Waals surface area contributed by atoms with E-state index in [-0.39, 0.29) is 43.3 Å². The van der Waals surface area contributed by atoms with Crippen molar-refractivity contribution in [1.82, 2.24) is 19.5 Å². The van der Waals surface area contributed by atoms with Gasteiger partial charge in [-0.2, -0.15) is 0 Å². The molecule has 1 aromatic heterocycles. The molecule has 2 heterocycles. The van der Waals surface area contributed by atoms with E-state index in [0.717, 1.165) is 5.56 Å². The molecule has 2 amide bonds. The summed E-state index contributed by atoms with van der Waals surface area (Å²) in [5.74, 6) is -0.673. The van der Waals surface area contributed by atoms with Crippen LogP contribution in [-0.4, -0.2) is 61.1 Å². The average Bonchev–Trinajstić information content (AvgIpc) is 3.12. The minimum atomic E-state index is -2.76. The number of carbonyl (C=O) groups excluding carboxylic acids is 2. The number of benzene rings is 1. The van der Waals surface area contributed by atoms with E-state index in [0.29, 0.717) is 23.7 Å². The summed E-state index contributed by atoms with van der Waals surface area (Å²) in [4.78, 5) is 38.2. The van der Waals surface area contributed by atoms with Gasteiger partial charge in [0.1, 0.15) is 11.3 Å². The molecule has 4 N–H and O–H groups in total. The fraction of sp³-hybridized carbons (Fsp3) is 0.381. The number of aromatic nitrogens is 1. The molecule has 9 nitrogen and oxygen atoms in total. The van der Waals surface area contributed by atoms with Crippen molar-refractivity contribution in [3.05, 3.63) is 68.6 Å². The van der Waals surface area contributed by atoms with Crippen molar-refractivity contribution >= 4 is 45.8 Å². The number of nitrogens with one attached hydrogen (secondary N) is 2. The van der Waals surface area contributed by atoms with Gasteiger partial charge in [0.2, 0.25) is 0 Å². The number of hydrogen-bond donors (Lipinski definition) is 4. The lowest BCUT2D eigenvalue weighted by Gasteiger charge is -2.36. The maximum atomic E-state index is 12.9. The Balaban J connectivity index is 1.68. The van der Waals surface area contributed by atoms with E-state index in [2.05, 4.69) is 10.6 Å². The first kappa shape index (κ1) is 25.5. The van der Waals surface area contributed by atoms with Gasteiger partial charge in [-0.1, -0.05) is 23.7 Å². The molecule has 0 spiro atoms. The van der Waals surface area contributed by atoms with Gasteiger partial charge in [0.15, 0.2) is 0 Å². The maximum Gasteiger partial charge on any atom is 0.268 e. The Hall–Kier alpha value is -2.08. The Bertz CT molecular complexity index is 1060. The van der Waals surface area contributed by atoms with Crippen LogP contribution < -0.4 is 16.2 Å². The van der Waals surface area contributed by atoms with Gasteiger partial charge >= 0.3 is 0 Å². The second-order valence-electron chi connectivity index (χ2n) is 7.46. The van der Waals surface area contributed by atoms with E-state index in [4.69, 9.17) is 23.2 Å². The summed E-state index contributed by atoms with van der Waals surface area (Å²) in [6.07, 6.45) is 0.688. The SMILES string of the molecule is O=C(NCc1ccc(Cl)cc1)c1ccc(C(=O)NCCN2CCCS2(O)O)n(CCCl)c1=O. The van der Waals surface area contributed by atoms with Crippen LogP contribution in [0.15, 0.2) is 41.2 Å². The molecule has 1 fully saturated rings. The van der Waals surface area contributed by atoms with Gasteiger partial charge in [0.05, 0.1) is 5.75 Å². The van der Waals surface area contributed by atoms with E-state index >= 15 is 0 Å². The maximum absolute atomic E-state index is 12.9. The molecular formula is C21H26Cl2N4O5S. The summed E-state index contributed by atoms with van der Waals surface area (Å²) in [5.41, 5.74) is 0.171. The van der Waals surface area contributed by atoms with Crippen LogP contribution in [0.2, 0.25) is 5.02 Å². The molecule has 1 saturated heterocycles. The second-order valence-corrected chi connectivity index (χ2v) is 10.5. The highest BCUT2D eigenvalue weighted by Gasteiger charge is 2.28. The summed E-state index contributed by atoms with van der Waals surface area (Å²) in [6.45, 7) is 1.26. The first-order valence-corrected chi connectivity index (χ1v) is 12.9. The highest BCUT2D eigenvalue weighted by molar-refractivity contribution is 8.22. The summed E-state index contributed by atoms with van der Waals surface area (Å²) >= 11 is 11.7. The van der Waals surface area contributed by atoms with Gasteiger partial charge in [-0.25, -0.2) is 4.31 Å². The zero-order valence-corrected chi connectivity index (χ0v) is 20.1. The Kier molecular flexibility index (Phi) is 8.80. The number of amides is 2. The van der Waals surface area contributed by atoms with E-state index in [1.807, 2.05) is 0 Å². The minimum absolute atomic E-state index is 0.0497. The molecule has 0 bridgehead atoms. The van der Waals surface area contributed by atoms with Gasteiger partial charge in [-0.3, -0.25) is 23.5 Å². The van der Waals surface area contributed by atoms with Crippen LogP contribution in [0, 0.1) is 0 Å². The molecule has 0 atom stereocenters. The largest absolute Gasteiger partial charge is 0.349 e. The van der Waals surface area contributed by atoms with Crippen molar-refractivity contribution in [1.29, 1.82) is 0 Å². The molecule has 180 valence electrons. The highest BCUT2D eigenvalue weighted by atomic mass is 35.5. The zero-order valence-electron chi connectivity index (χ0n) is 17.8. The molecule has 0 radical (unpaired) electrons. The third-order valence-electron chi connectivity index (χ3n) is 5.21. The van der Waals surface area contributed by atoms with Crippen molar-refractivity contribution in [3.8, 4) is 0 Å². The average molecular weight is 517 g/mol. The van der Waals surface area contributed by atoms with E-state index in [9.17, 15) is 23.5 Å². The first-order chi connectivity index (χ1) is 15.7. The monoisotopic (exact) mass is 516 g/mol. The minimum Gasteiger partial charge on any atom is -0.349 e. The topological polar surface area (TPSA) is 124 Å². The second kappa shape index (κ2) is 11.4. The Labute approximate surface area is 203 Å². The van der Waals surface area contributed by atoms with Crippen molar-refractivity contribution in [2.75, 3.05) is 31.3 Å². The van der Waals surface area contributed by atoms with Crippen molar-refractivity contribution in [2.45, 2.75) is 19.5 Å². The summed E-state index contributed by atoms with van der Waals surface area (Å²) in [6, 6.07) is 9.67. The van der Waals surface area contributed by atoms with E-state index in [1.165, 1.54) is 16.7 Å². The smallest absolute Gasteiger partial charge is 0.268 e. The van der Waals surface area contributed by atoms with Crippen molar-refractivity contribution < 1.29 is 18.7 Å². The van der Waals surface area contributed by atoms with Gasteiger partial charge < -0.3 is 15.2 Å².